The van der Waals surface area contributed by atoms with Crippen LogP contribution in [0.4, 0.5) is 0 Å². The lowest BCUT2D eigenvalue weighted by atomic mass is 10.3. The number of halogens is 2. The summed E-state index contributed by atoms with van der Waals surface area (Å²) in [7, 11) is 0. The van der Waals surface area contributed by atoms with Crippen molar-refractivity contribution in [1.82, 2.24) is 9.97 Å². The first-order valence-corrected chi connectivity index (χ1v) is 5.78. The molecular formula is C11H8Cl2N4O2. The average molecular weight is 299 g/mol. The van der Waals surface area contributed by atoms with Crippen LogP contribution in [0, 0.1) is 0 Å². The molecule has 98 valence electrons. The molecule has 0 unspecified atom stereocenters. The molecule has 19 heavy (non-hydrogen) atoms. The minimum Gasteiger partial charge on any atom is -0.436 e. The van der Waals surface area contributed by atoms with Crippen LogP contribution in [0.3, 0.4) is 0 Å². The fraction of sp³-hybridized carbons (Fsp3) is 0. The van der Waals surface area contributed by atoms with Gasteiger partial charge >= 0.3 is 0 Å². The number of nitrogens with zero attached hydrogens (tertiary/aromatic N) is 3. The predicted molar refractivity (Wildman–Crippen MR) is 71.1 cm³/mol. The summed E-state index contributed by atoms with van der Waals surface area (Å²) >= 11 is 11.7. The topological polar surface area (TPSA) is 93.6 Å². The molecule has 3 N–H and O–H groups in total. The Balaban J connectivity index is 2.20. The summed E-state index contributed by atoms with van der Waals surface area (Å²) in [5.41, 5.74) is 5.59. The predicted octanol–water partition coefficient (Wildman–Crippen LogP) is 2.67. The lowest BCUT2D eigenvalue weighted by Gasteiger charge is -2.06. The molecule has 1 heterocycles. The van der Waals surface area contributed by atoms with Crippen molar-refractivity contribution in [3.8, 4) is 11.6 Å². The Morgan fingerprint density at radius 2 is 2.05 bits per heavy atom. The van der Waals surface area contributed by atoms with Gasteiger partial charge in [-0.3, -0.25) is 0 Å². The van der Waals surface area contributed by atoms with Gasteiger partial charge in [0.15, 0.2) is 5.84 Å². The Labute approximate surface area is 118 Å². The van der Waals surface area contributed by atoms with Gasteiger partial charge in [0.25, 0.3) is 0 Å². The summed E-state index contributed by atoms with van der Waals surface area (Å²) < 4.78 is 5.43. The second-order valence-electron chi connectivity index (χ2n) is 3.40. The number of oxime groups is 1. The molecule has 2 rings (SSSR count). The number of ether oxygens (including phenoxy) is 1. The summed E-state index contributed by atoms with van der Waals surface area (Å²) in [5, 5.41) is 12.2. The quantitative estimate of drug-likeness (QED) is 0.393. The highest BCUT2D eigenvalue weighted by atomic mass is 35.5. The zero-order valence-corrected chi connectivity index (χ0v) is 10.9. The molecule has 0 saturated heterocycles. The molecule has 0 spiro atoms. The van der Waals surface area contributed by atoms with E-state index in [1.807, 2.05) is 0 Å². The maximum Gasteiger partial charge on any atom is 0.237 e. The maximum absolute atomic E-state index is 8.49. The Morgan fingerprint density at radius 1 is 1.26 bits per heavy atom. The van der Waals surface area contributed by atoms with Gasteiger partial charge in [-0.1, -0.05) is 28.4 Å². The molecule has 2 aromatic rings. The van der Waals surface area contributed by atoms with E-state index < -0.39 is 0 Å². The molecule has 0 bridgehead atoms. The van der Waals surface area contributed by atoms with Crippen LogP contribution in [0.1, 0.15) is 5.69 Å². The molecule has 0 radical (unpaired) electrons. The van der Waals surface area contributed by atoms with Crippen LogP contribution in [0.5, 0.6) is 11.6 Å². The van der Waals surface area contributed by atoms with Crippen LogP contribution in [-0.4, -0.2) is 21.0 Å². The van der Waals surface area contributed by atoms with Gasteiger partial charge in [0.2, 0.25) is 5.88 Å². The van der Waals surface area contributed by atoms with Crippen LogP contribution in [0.15, 0.2) is 35.7 Å². The van der Waals surface area contributed by atoms with Crippen molar-refractivity contribution < 1.29 is 9.94 Å². The molecule has 0 saturated carbocycles. The Bertz CT molecular complexity index is 617. The van der Waals surface area contributed by atoms with E-state index in [1.54, 1.807) is 18.2 Å². The Hall–Kier alpha value is -2.05. The second-order valence-corrected chi connectivity index (χ2v) is 4.25. The molecule has 0 amide bonds. The molecule has 0 fully saturated rings. The highest BCUT2D eigenvalue weighted by Gasteiger charge is 2.07. The fourth-order valence-corrected chi connectivity index (χ4v) is 1.67. The van der Waals surface area contributed by atoms with E-state index in [4.69, 9.17) is 38.9 Å². The van der Waals surface area contributed by atoms with E-state index in [-0.39, 0.29) is 17.4 Å². The fourth-order valence-electron chi connectivity index (χ4n) is 1.22. The Kier molecular flexibility index (Phi) is 4.03. The smallest absolute Gasteiger partial charge is 0.237 e. The maximum atomic E-state index is 8.49. The highest BCUT2D eigenvalue weighted by Crippen LogP contribution is 2.30. The molecule has 0 aliphatic carbocycles. The summed E-state index contributed by atoms with van der Waals surface area (Å²) in [4.78, 5) is 7.88. The van der Waals surface area contributed by atoms with Gasteiger partial charge < -0.3 is 15.7 Å². The van der Waals surface area contributed by atoms with Crippen molar-refractivity contribution in [3.63, 3.8) is 0 Å². The van der Waals surface area contributed by atoms with Crippen LogP contribution < -0.4 is 10.5 Å². The molecule has 8 heteroatoms. The first-order chi connectivity index (χ1) is 9.10. The standard InChI is InChI=1S/C11H8Cl2N4O2/c12-6-1-2-9(7(13)3-6)19-10-5-15-8(4-16-10)11(14)17-18/h1-5,18H,(H2,14,17). The van der Waals surface area contributed by atoms with Crippen molar-refractivity contribution >= 4 is 29.0 Å². The SMILES string of the molecule is NC(=NO)c1cnc(Oc2ccc(Cl)cc2Cl)cn1. The number of amidine groups is 1. The first-order valence-electron chi connectivity index (χ1n) is 5.03. The van der Waals surface area contributed by atoms with E-state index in [0.717, 1.165) is 0 Å². The third-order valence-electron chi connectivity index (χ3n) is 2.11. The Morgan fingerprint density at radius 3 is 2.63 bits per heavy atom. The number of benzene rings is 1. The van der Waals surface area contributed by atoms with E-state index in [9.17, 15) is 0 Å². The van der Waals surface area contributed by atoms with Gasteiger partial charge in [0, 0.05) is 5.02 Å². The van der Waals surface area contributed by atoms with Gasteiger partial charge in [-0.15, -0.1) is 0 Å². The lowest BCUT2D eigenvalue weighted by molar-refractivity contribution is 0.318. The lowest BCUT2D eigenvalue weighted by Crippen LogP contribution is -2.15. The number of hydrogen-bond acceptors (Lipinski definition) is 5. The molecule has 0 aliphatic rings. The molecule has 1 aromatic heterocycles. The van der Waals surface area contributed by atoms with Gasteiger partial charge in [-0.25, -0.2) is 9.97 Å². The number of nitrogens with two attached hydrogens (primary N) is 1. The number of hydrogen-bond donors (Lipinski definition) is 2. The third-order valence-corrected chi connectivity index (χ3v) is 2.64. The van der Waals surface area contributed by atoms with Crippen molar-refractivity contribution in [2.45, 2.75) is 0 Å². The monoisotopic (exact) mass is 298 g/mol. The molecule has 1 aromatic carbocycles. The summed E-state index contributed by atoms with van der Waals surface area (Å²) in [6.45, 7) is 0. The van der Waals surface area contributed by atoms with Crippen LogP contribution in [0.2, 0.25) is 10.0 Å². The van der Waals surface area contributed by atoms with Gasteiger partial charge in [-0.05, 0) is 18.2 Å². The summed E-state index contributed by atoms with van der Waals surface area (Å²) in [6, 6.07) is 4.81. The summed E-state index contributed by atoms with van der Waals surface area (Å²) in [6.07, 6.45) is 2.65. The van der Waals surface area contributed by atoms with Crippen LogP contribution in [-0.2, 0) is 0 Å². The van der Waals surface area contributed by atoms with E-state index in [2.05, 4.69) is 15.1 Å². The molecular weight excluding hydrogens is 291 g/mol. The molecule has 0 atom stereocenters. The van der Waals surface area contributed by atoms with Crippen molar-refractivity contribution in [2.24, 2.45) is 10.9 Å². The average Bonchev–Trinajstić information content (AvgIpc) is 2.42. The molecule has 0 aliphatic heterocycles. The molecule has 6 nitrogen and oxygen atoms in total. The van der Waals surface area contributed by atoms with E-state index in [1.165, 1.54) is 12.4 Å². The zero-order valence-electron chi connectivity index (χ0n) is 9.42. The zero-order chi connectivity index (χ0) is 13.8. The van der Waals surface area contributed by atoms with Crippen molar-refractivity contribution in [1.29, 1.82) is 0 Å². The second kappa shape index (κ2) is 5.73. The third kappa shape index (κ3) is 3.24. The van der Waals surface area contributed by atoms with Crippen molar-refractivity contribution in [2.75, 3.05) is 0 Å². The number of aromatic nitrogens is 2. The van der Waals surface area contributed by atoms with Crippen LogP contribution in [0.25, 0.3) is 0 Å². The largest absolute Gasteiger partial charge is 0.436 e. The normalized spacial score (nSPS) is 11.4. The van der Waals surface area contributed by atoms with E-state index >= 15 is 0 Å². The summed E-state index contributed by atoms with van der Waals surface area (Å²) in [5.74, 6) is 0.485. The number of rotatable bonds is 3. The van der Waals surface area contributed by atoms with Crippen LogP contribution >= 0.6 is 23.2 Å². The minimum absolute atomic E-state index is 0.136. The van der Waals surface area contributed by atoms with Crippen molar-refractivity contribution in [3.05, 3.63) is 46.3 Å². The van der Waals surface area contributed by atoms with Gasteiger partial charge in [0.1, 0.15) is 11.4 Å². The van der Waals surface area contributed by atoms with E-state index in [0.29, 0.717) is 15.8 Å². The van der Waals surface area contributed by atoms with Gasteiger partial charge in [-0.2, -0.15) is 0 Å². The first kappa shape index (κ1) is 13.4. The highest BCUT2D eigenvalue weighted by molar-refractivity contribution is 6.35. The van der Waals surface area contributed by atoms with Gasteiger partial charge in [0.05, 0.1) is 17.4 Å². The minimum atomic E-state index is -0.136.